The first-order valence-electron chi connectivity index (χ1n) is 6.22. The summed E-state index contributed by atoms with van der Waals surface area (Å²) in [5.74, 6) is 0. The predicted octanol–water partition coefficient (Wildman–Crippen LogP) is 2.65. The molecule has 0 fully saturated rings. The number of hydrogen-bond acceptors (Lipinski definition) is 4. The van der Waals surface area contributed by atoms with E-state index in [4.69, 9.17) is 4.74 Å². The molecule has 98 valence electrons. The zero-order valence-corrected chi connectivity index (χ0v) is 12.2. The van der Waals surface area contributed by atoms with E-state index in [1.165, 1.54) is 4.88 Å². The van der Waals surface area contributed by atoms with Crippen LogP contribution in [0.25, 0.3) is 0 Å². The summed E-state index contributed by atoms with van der Waals surface area (Å²) in [5, 5.41) is 3.36. The lowest BCUT2D eigenvalue weighted by Gasteiger charge is -2.24. The normalized spacial score (nSPS) is 12.0. The van der Waals surface area contributed by atoms with Gasteiger partial charge in [0.15, 0.2) is 0 Å². The monoisotopic (exact) mass is 256 g/mol. The van der Waals surface area contributed by atoms with Crippen LogP contribution in [-0.2, 0) is 11.2 Å². The molecule has 17 heavy (non-hydrogen) atoms. The second-order valence-electron chi connectivity index (χ2n) is 5.11. The summed E-state index contributed by atoms with van der Waals surface area (Å²) < 4.78 is 5.76. The Morgan fingerprint density at radius 1 is 1.47 bits per heavy atom. The molecule has 1 N–H and O–H groups in total. The third-order valence-electron chi connectivity index (χ3n) is 2.66. The Morgan fingerprint density at radius 2 is 2.24 bits per heavy atom. The second-order valence-corrected chi connectivity index (χ2v) is 6.05. The van der Waals surface area contributed by atoms with Crippen molar-refractivity contribution in [3.05, 3.63) is 16.1 Å². The SMILES string of the molecule is CCNCC(C)(C)COCCc1scnc1C. The van der Waals surface area contributed by atoms with Crippen molar-refractivity contribution in [3.8, 4) is 0 Å². The number of aromatic nitrogens is 1. The van der Waals surface area contributed by atoms with Crippen molar-refractivity contribution in [2.75, 3.05) is 26.3 Å². The van der Waals surface area contributed by atoms with Gasteiger partial charge in [0, 0.05) is 23.3 Å². The third-order valence-corrected chi connectivity index (χ3v) is 3.66. The maximum absolute atomic E-state index is 5.76. The fourth-order valence-electron chi connectivity index (χ4n) is 1.59. The Labute approximate surface area is 109 Å². The smallest absolute Gasteiger partial charge is 0.0797 e. The summed E-state index contributed by atoms with van der Waals surface area (Å²) >= 11 is 1.72. The zero-order chi connectivity index (χ0) is 12.7. The molecule has 0 aliphatic carbocycles. The van der Waals surface area contributed by atoms with E-state index in [1.54, 1.807) is 11.3 Å². The average Bonchev–Trinajstić information content (AvgIpc) is 2.68. The van der Waals surface area contributed by atoms with E-state index in [9.17, 15) is 0 Å². The molecule has 0 radical (unpaired) electrons. The van der Waals surface area contributed by atoms with Gasteiger partial charge in [0.2, 0.25) is 0 Å². The molecule has 1 heterocycles. The number of nitrogens with one attached hydrogen (secondary N) is 1. The molecule has 0 unspecified atom stereocenters. The highest BCUT2D eigenvalue weighted by Crippen LogP contribution is 2.16. The van der Waals surface area contributed by atoms with Crippen LogP contribution in [0.4, 0.5) is 0 Å². The van der Waals surface area contributed by atoms with E-state index in [2.05, 4.69) is 38.0 Å². The lowest BCUT2D eigenvalue weighted by Crippen LogP contribution is -2.33. The summed E-state index contributed by atoms with van der Waals surface area (Å²) in [6.07, 6.45) is 0.980. The van der Waals surface area contributed by atoms with E-state index in [-0.39, 0.29) is 5.41 Å². The molecule has 1 aromatic rings. The van der Waals surface area contributed by atoms with Crippen molar-refractivity contribution in [1.29, 1.82) is 0 Å². The topological polar surface area (TPSA) is 34.1 Å². The van der Waals surface area contributed by atoms with Crippen molar-refractivity contribution in [2.45, 2.75) is 34.1 Å². The molecule has 3 nitrogen and oxygen atoms in total. The van der Waals surface area contributed by atoms with Gasteiger partial charge in [0.05, 0.1) is 24.4 Å². The van der Waals surface area contributed by atoms with Gasteiger partial charge in [-0.15, -0.1) is 11.3 Å². The fourth-order valence-corrected chi connectivity index (χ4v) is 2.36. The van der Waals surface area contributed by atoms with E-state index >= 15 is 0 Å². The number of hydrogen-bond donors (Lipinski definition) is 1. The molecule has 1 aromatic heterocycles. The number of thiazole rings is 1. The van der Waals surface area contributed by atoms with Gasteiger partial charge in [0.25, 0.3) is 0 Å². The first-order valence-corrected chi connectivity index (χ1v) is 7.10. The third kappa shape index (κ3) is 5.61. The lowest BCUT2D eigenvalue weighted by atomic mass is 9.95. The van der Waals surface area contributed by atoms with E-state index in [0.29, 0.717) is 0 Å². The molecule has 0 aromatic carbocycles. The minimum Gasteiger partial charge on any atom is -0.380 e. The highest BCUT2D eigenvalue weighted by atomic mass is 32.1. The van der Waals surface area contributed by atoms with Gasteiger partial charge in [-0.05, 0) is 13.5 Å². The van der Waals surface area contributed by atoms with E-state index < -0.39 is 0 Å². The van der Waals surface area contributed by atoms with Gasteiger partial charge >= 0.3 is 0 Å². The van der Waals surface area contributed by atoms with Crippen molar-refractivity contribution in [2.24, 2.45) is 5.41 Å². The average molecular weight is 256 g/mol. The van der Waals surface area contributed by atoms with Crippen molar-refractivity contribution in [3.63, 3.8) is 0 Å². The zero-order valence-electron chi connectivity index (χ0n) is 11.4. The summed E-state index contributed by atoms with van der Waals surface area (Å²) in [6, 6.07) is 0. The fraction of sp³-hybridized carbons (Fsp3) is 0.769. The molecule has 4 heteroatoms. The Hall–Kier alpha value is -0.450. The molecule has 0 aliphatic heterocycles. The van der Waals surface area contributed by atoms with Crippen LogP contribution in [0.1, 0.15) is 31.3 Å². The molecule has 0 saturated carbocycles. The van der Waals surface area contributed by atoms with Gasteiger partial charge in [0.1, 0.15) is 0 Å². The number of ether oxygens (including phenoxy) is 1. The summed E-state index contributed by atoms with van der Waals surface area (Å²) in [6.45, 7) is 12.3. The lowest BCUT2D eigenvalue weighted by molar-refractivity contribution is 0.0645. The standard InChI is InChI=1S/C13H24N2OS/c1-5-14-8-13(3,4)9-16-7-6-12-11(2)15-10-17-12/h10,14H,5-9H2,1-4H3. The van der Waals surface area contributed by atoms with Crippen molar-refractivity contribution < 1.29 is 4.74 Å². The van der Waals surface area contributed by atoms with Crippen LogP contribution < -0.4 is 5.32 Å². The molecule has 0 spiro atoms. The molecular formula is C13H24N2OS. The Morgan fingerprint density at radius 3 is 2.82 bits per heavy atom. The van der Waals surface area contributed by atoms with Gasteiger partial charge < -0.3 is 10.1 Å². The van der Waals surface area contributed by atoms with Crippen LogP contribution in [0.5, 0.6) is 0 Å². The van der Waals surface area contributed by atoms with Crippen LogP contribution in [0.15, 0.2) is 5.51 Å². The summed E-state index contributed by atoms with van der Waals surface area (Å²) in [7, 11) is 0. The summed E-state index contributed by atoms with van der Waals surface area (Å²) in [4.78, 5) is 5.58. The van der Waals surface area contributed by atoms with Crippen LogP contribution in [-0.4, -0.2) is 31.3 Å². The minimum atomic E-state index is 0.207. The van der Waals surface area contributed by atoms with Crippen molar-refractivity contribution in [1.82, 2.24) is 10.3 Å². The maximum Gasteiger partial charge on any atom is 0.0797 e. The second kappa shape index (κ2) is 7.09. The van der Waals surface area contributed by atoms with Gasteiger partial charge in [-0.2, -0.15) is 0 Å². The quantitative estimate of drug-likeness (QED) is 0.726. The van der Waals surface area contributed by atoms with Crippen LogP contribution >= 0.6 is 11.3 Å². The molecule has 0 saturated heterocycles. The first kappa shape index (κ1) is 14.6. The molecule has 0 aliphatic rings. The van der Waals surface area contributed by atoms with Crippen LogP contribution in [0.3, 0.4) is 0 Å². The largest absolute Gasteiger partial charge is 0.380 e. The molecule has 0 atom stereocenters. The molecule has 0 bridgehead atoms. The van der Waals surface area contributed by atoms with Crippen molar-refractivity contribution >= 4 is 11.3 Å². The number of rotatable bonds is 8. The van der Waals surface area contributed by atoms with Gasteiger partial charge in [-0.1, -0.05) is 20.8 Å². The number of nitrogens with zero attached hydrogens (tertiary/aromatic N) is 1. The highest BCUT2D eigenvalue weighted by Gasteiger charge is 2.17. The Balaban J connectivity index is 2.17. The minimum absolute atomic E-state index is 0.207. The van der Waals surface area contributed by atoms with E-state index in [0.717, 1.165) is 38.4 Å². The van der Waals surface area contributed by atoms with Gasteiger partial charge in [-0.3, -0.25) is 0 Å². The van der Waals surface area contributed by atoms with E-state index in [1.807, 2.05) is 5.51 Å². The predicted molar refractivity (Wildman–Crippen MR) is 73.7 cm³/mol. The molecule has 1 rings (SSSR count). The summed E-state index contributed by atoms with van der Waals surface area (Å²) in [5.41, 5.74) is 3.25. The molecule has 0 amide bonds. The van der Waals surface area contributed by atoms with Gasteiger partial charge in [-0.25, -0.2) is 4.98 Å². The Bertz CT molecular complexity index is 323. The molecular weight excluding hydrogens is 232 g/mol. The number of aryl methyl sites for hydroxylation is 1. The maximum atomic E-state index is 5.76. The van der Waals surface area contributed by atoms with Crippen LogP contribution in [0.2, 0.25) is 0 Å². The Kier molecular flexibility index (Phi) is 6.09. The van der Waals surface area contributed by atoms with Crippen LogP contribution in [0, 0.1) is 12.3 Å². The first-order chi connectivity index (χ1) is 8.05. The highest BCUT2D eigenvalue weighted by molar-refractivity contribution is 7.09.